The highest BCUT2D eigenvalue weighted by atomic mass is 19.4. The molecule has 1 fully saturated rings. The topological polar surface area (TPSA) is 38.5 Å². The number of halogens is 3. The Morgan fingerprint density at radius 2 is 2.13 bits per heavy atom. The van der Waals surface area contributed by atoms with Gasteiger partial charge in [0.25, 0.3) is 0 Å². The lowest BCUT2D eigenvalue weighted by atomic mass is 10.0. The standard InChI is InChI=1S/C9H17F3N2O/c1-15-8(9(10,11)12)3-6-14(7-8)5-2-4-13/h2-7,13H2,1H3/t8-/m0/s1. The van der Waals surface area contributed by atoms with E-state index in [2.05, 4.69) is 4.74 Å². The van der Waals surface area contributed by atoms with Gasteiger partial charge in [0.2, 0.25) is 0 Å². The first-order valence-electron chi connectivity index (χ1n) is 4.99. The molecule has 0 aliphatic carbocycles. The number of alkyl halides is 3. The summed E-state index contributed by atoms with van der Waals surface area (Å²) >= 11 is 0. The number of nitrogens with zero attached hydrogens (tertiary/aromatic N) is 1. The third-order valence-corrected chi connectivity index (χ3v) is 2.90. The molecule has 90 valence electrons. The van der Waals surface area contributed by atoms with Crippen LogP contribution in [0.1, 0.15) is 12.8 Å². The maximum Gasteiger partial charge on any atom is 0.418 e. The minimum atomic E-state index is -4.29. The summed E-state index contributed by atoms with van der Waals surface area (Å²) in [4.78, 5) is 1.75. The SMILES string of the molecule is CO[C@@]1(C(F)(F)F)CCN(CCCN)C1. The first kappa shape index (κ1) is 12.7. The summed E-state index contributed by atoms with van der Waals surface area (Å²) in [5, 5.41) is 0. The largest absolute Gasteiger partial charge is 0.418 e. The summed E-state index contributed by atoms with van der Waals surface area (Å²) in [6, 6.07) is 0. The smallest absolute Gasteiger partial charge is 0.367 e. The molecule has 0 amide bonds. The van der Waals surface area contributed by atoms with Gasteiger partial charge >= 0.3 is 6.18 Å². The van der Waals surface area contributed by atoms with Crippen LogP contribution in [-0.2, 0) is 4.74 Å². The third kappa shape index (κ3) is 2.62. The van der Waals surface area contributed by atoms with Gasteiger partial charge in [-0.15, -0.1) is 0 Å². The first-order chi connectivity index (χ1) is 6.95. The molecule has 1 aliphatic rings. The van der Waals surface area contributed by atoms with Gasteiger partial charge in [0, 0.05) is 20.2 Å². The monoisotopic (exact) mass is 226 g/mol. The van der Waals surface area contributed by atoms with Crippen LogP contribution in [0.5, 0.6) is 0 Å². The Hall–Kier alpha value is -0.330. The number of nitrogens with two attached hydrogens (primary N) is 1. The summed E-state index contributed by atoms with van der Waals surface area (Å²) < 4.78 is 42.9. The molecule has 0 saturated carbocycles. The van der Waals surface area contributed by atoms with Crippen molar-refractivity contribution in [3.63, 3.8) is 0 Å². The molecule has 3 nitrogen and oxygen atoms in total. The second-order valence-corrected chi connectivity index (χ2v) is 3.86. The van der Waals surface area contributed by atoms with E-state index in [9.17, 15) is 13.2 Å². The molecule has 1 saturated heterocycles. The zero-order valence-corrected chi connectivity index (χ0v) is 8.81. The highest BCUT2D eigenvalue weighted by molar-refractivity contribution is 4.97. The van der Waals surface area contributed by atoms with Crippen LogP contribution in [0.3, 0.4) is 0 Å². The molecule has 1 heterocycles. The molecule has 0 aromatic rings. The second kappa shape index (κ2) is 4.67. The van der Waals surface area contributed by atoms with Crippen LogP contribution < -0.4 is 5.73 Å². The lowest BCUT2D eigenvalue weighted by molar-refractivity contribution is -0.263. The van der Waals surface area contributed by atoms with E-state index in [1.165, 1.54) is 0 Å². The average Bonchev–Trinajstić information content (AvgIpc) is 2.58. The fourth-order valence-corrected chi connectivity index (χ4v) is 1.88. The summed E-state index contributed by atoms with van der Waals surface area (Å²) in [6.07, 6.45) is -3.56. The highest BCUT2D eigenvalue weighted by Crippen LogP contribution is 2.40. The van der Waals surface area contributed by atoms with Crippen LogP contribution in [0, 0.1) is 0 Å². The van der Waals surface area contributed by atoms with E-state index >= 15 is 0 Å². The Bertz CT molecular complexity index is 210. The average molecular weight is 226 g/mol. The van der Waals surface area contributed by atoms with E-state index in [4.69, 9.17) is 5.73 Å². The van der Waals surface area contributed by atoms with Gasteiger partial charge in [0.15, 0.2) is 5.60 Å². The number of hydrogen-bond donors (Lipinski definition) is 1. The Morgan fingerprint density at radius 3 is 2.53 bits per heavy atom. The minimum Gasteiger partial charge on any atom is -0.367 e. The van der Waals surface area contributed by atoms with Gasteiger partial charge in [0.1, 0.15) is 0 Å². The maximum absolute atomic E-state index is 12.7. The molecule has 0 aromatic heterocycles. The molecule has 0 unspecified atom stereocenters. The summed E-state index contributed by atoms with van der Waals surface area (Å²) in [6.45, 7) is 1.46. The van der Waals surface area contributed by atoms with Crippen LogP contribution in [0.25, 0.3) is 0 Å². The molecule has 1 rings (SSSR count). The van der Waals surface area contributed by atoms with Gasteiger partial charge in [-0.05, 0) is 25.9 Å². The van der Waals surface area contributed by atoms with Crippen LogP contribution in [0.2, 0.25) is 0 Å². The lowest BCUT2D eigenvalue weighted by Gasteiger charge is -2.30. The Labute approximate surface area is 87.4 Å². The van der Waals surface area contributed by atoms with Crippen LogP contribution in [0.15, 0.2) is 0 Å². The zero-order valence-electron chi connectivity index (χ0n) is 8.81. The fraction of sp³-hybridized carbons (Fsp3) is 1.00. The maximum atomic E-state index is 12.7. The number of rotatable bonds is 4. The van der Waals surface area contributed by atoms with Crippen molar-refractivity contribution in [2.75, 3.05) is 33.3 Å². The van der Waals surface area contributed by atoms with Crippen molar-refractivity contribution < 1.29 is 17.9 Å². The Kier molecular flexibility index (Phi) is 3.97. The van der Waals surface area contributed by atoms with E-state index in [0.717, 1.165) is 13.5 Å². The van der Waals surface area contributed by atoms with Crippen molar-refractivity contribution in [3.8, 4) is 0 Å². The molecular formula is C9H17F3N2O. The first-order valence-corrected chi connectivity index (χ1v) is 4.99. The number of hydrogen-bond acceptors (Lipinski definition) is 3. The minimum absolute atomic E-state index is 0.0115. The summed E-state index contributed by atoms with van der Waals surface area (Å²) in [5.74, 6) is 0. The molecule has 6 heteroatoms. The molecule has 2 N–H and O–H groups in total. The molecule has 0 aromatic carbocycles. The van der Waals surface area contributed by atoms with Crippen LogP contribution in [0.4, 0.5) is 13.2 Å². The predicted molar refractivity (Wildman–Crippen MR) is 50.5 cm³/mol. The molecule has 0 bridgehead atoms. The van der Waals surface area contributed by atoms with Gasteiger partial charge in [-0.3, -0.25) is 4.90 Å². The van der Waals surface area contributed by atoms with Crippen molar-refractivity contribution in [2.45, 2.75) is 24.6 Å². The number of likely N-dealkylation sites (tertiary alicyclic amines) is 1. The normalized spacial score (nSPS) is 28.6. The van der Waals surface area contributed by atoms with Gasteiger partial charge in [-0.25, -0.2) is 0 Å². The van der Waals surface area contributed by atoms with Gasteiger partial charge in [-0.1, -0.05) is 0 Å². The second-order valence-electron chi connectivity index (χ2n) is 3.86. The van der Waals surface area contributed by atoms with E-state index in [1.807, 2.05) is 0 Å². The van der Waals surface area contributed by atoms with Crippen molar-refractivity contribution >= 4 is 0 Å². The fourth-order valence-electron chi connectivity index (χ4n) is 1.88. The molecule has 0 spiro atoms. The van der Waals surface area contributed by atoms with Crippen molar-refractivity contribution in [1.29, 1.82) is 0 Å². The van der Waals surface area contributed by atoms with Crippen molar-refractivity contribution in [1.82, 2.24) is 4.90 Å². The summed E-state index contributed by atoms with van der Waals surface area (Å²) in [7, 11) is 1.12. The zero-order chi connectivity index (χ0) is 11.5. The number of methoxy groups -OCH3 is 1. The summed E-state index contributed by atoms with van der Waals surface area (Å²) in [5.41, 5.74) is 3.34. The quantitative estimate of drug-likeness (QED) is 0.777. The molecule has 1 aliphatic heterocycles. The van der Waals surface area contributed by atoms with Crippen molar-refractivity contribution in [3.05, 3.63) is 0 Å². The van der Waals surface area contributed by atoms with Crippen LogP contribution >= 0.6 is 0 Å². The van der Waals surface area contributed by atoms with Gasteiger partial charge in [0.05, 0.1) is 0 Å². The highest BCUT2D eigenvalue weighted by Gasteiger charge is 2.58. The van der Waals surface area contributed by atoms with Crippen molar-refractivity contribution in [2.24, 2.45) is 5.73 Å². The third-order valence-electron chi connectivity index (χ3n) is 2.90. The molecule has 0 radical (unpaired) electrons. The number of ether oxygens (including phenoxy) is 1. The van der Waals surface area contributed by atoms with Crippen LogP contribution in [-0.4, -0.2) is 50.0 Å². The van der Waals surface area contributed by atoms with Gasteiger partial charge < -0.3 is 10.5 Å². The predicted octanol–water partition coefficient (Wildman–Crippen LogP) is 0.988. The van der Waals surface area contributed by atoms with E-state index in [1.54, 1.807) is 4.90 Å². The Balaban J connectivity index is 2.57. The van der Waals surface area contributed by atoms with E-state index in [-0.39, 0.29) is 13.0 Å². The molecular weight excluding hydrogens is 209 g/mol. The Morgan fingerprint density at radius 1 is 1.47 bits per heavy atom. The molecule has 1 atom stereocenters. The van der Waals surface area contributed by atoms with E-state index < -0.39 is 11.8 Å². The molecule has 15 heavy (non-hydrogen) atoms. The lowest BCUT2D eigenvalue weighted by Crippen LogP contribution is -2.49. The van der Waals surface area contributed by atoms with Gasteiger partial charge in [-0.2, -0.15) is 13.2 Å². The van der Waals surface area contributed by atoms with E-state index in [0.29, 0.717) is 19.6 Å².